The number of rotatable bonds is 1. The molecule has 3 aliphatic rings. The number of anilines is 3. The summed E-state index contributed by atoms with van der Waals surface area (Å²) in [6, 6.07) is 45.8. The molecule has 0 amide bonds. The van der Waals surface area contributed by atoms with Crippen molar-refractivity contribution in [3.63, 3.8) is 0 Å². The maximum atomic E-state index is 2.52. The molecule has 0 unspecified atom stereocenters. The number of hydrogen-bond donors (Lipinski definition) is 0. The highest BCUT2D eigenvalue weighted by Gasteiger charge is 2.42. The Labute approximate surface area is 233 Å². The molecule has 0 aromatic heterocycles. The van der Waals surface area contributed by atoms with Gasteiger partial charge in [-0.25, -0.2) is 0 Å². The average molecular weight is 505 g/mol. The van der Waals surface area contributed by atoms with E-state index in [2.05, 4.69) is 126 Å². The molecule has 7 aromatic rings. The first-order valence-electron chi connectivity index (χ1n) is 14.4. The van der Waals surface area contributed by atoms with E-state index in [0.29, 0.717) is 0 Å². The van der Waals surface area contributed by atoms with E-state index >= 15 is 0 Å². The van der Waals surface area contributed by atoms with Gasteiger partial charge < -0.3 is 4.90 Å². The van der Waals surface area contributed by atoms with Crippen molar-refractivity contribution in [2.45, 2.75) is 12.8 Å². The fraction of sp³-hybridized carbons (Fsp3) is 0.0526. The van der Waals surface area contributed by atoms with Gasteiger partial charge in [0, 0.05) is 17.1 Å². The zero-order valence-electron chi connectivity index (χ0n) is 22.0. The Bertz CT molecular complexity index is 2230. The molecule has 0 fully saturated rings. The van der Waals surface area contributed by atoms with Crippen LogP contribution in [0.15, 0.2) is 121 Å². The summed E-state index contributed by atoms with van der Waals surface area (Å²) in [6.45, 7) is 0.196. The summed E-state index contributed by atoms with van der Waals surface area (Å²) in [5, 5.41) is 8.20. The minimum Gasteiger partial charge on any atom is -0.311 e. The fourth-order valence-electron chi connectivity index (χ4n) is 8.07. The van der Waals surface area contributed by atoms with Crippen molar-refractivity contribution in [2.75, 3.05) is 4.90 Å². The lowest BCUT2D eigenvalue weighted by Gasteiger charge is -2.41. The van der Waals surface area contributed by atoms with Gasteiger partial charge in [-0.15, -0.1) is 0 Å². The molecule has 0 radical (unpaired) electrons. The molecule has 40 heavy (non-hydrogen) atoms. The van der Waals surface area contributed by atoms with Gasteiger partial charge in [0.1, 0.15) is 0 Å². The normalized spacial score (nSPS) is 14.2. The lowest BCUT2D eigenvalue weighted by Crippen LogP contribution is -2.59. The second kappa shape index (κ2) is 7.43. The zero-order valence-corrected chi connectivity index (χ0v) is 22.0. The molecule has 184 valence electrons. The molecule has 7 aromatic carbocycles. The molecular formula is C38H24BN. The Morgan fingerprint density at radius 1 is 0.500 bits per heavy atom. The number of benzene rings is 7. The van der Waals surface area contributed by atoms with Gasteiger partial charge in [-0.1, -0.05) is 103 Å². The molecule has 2 aliphatic heterocycles. The Morgan fingerprint density at radius 3 is 2.15 bits per heavy atom. The van der Waals surface area contributed by atoms with Crippen molar-refractivity contribution < 1.29 is 0 Å². The van der Waals surface area contributed by atoms with E-state index in [0.717, 1.165) is 12.8 Å². The van der Waals surface area contributed by atoms with E-state index in [1.54, 1.807) is 0 Å². The van der Waals surface area contributed by atoms with Gasteiger partial charge in [0.15, 0.2) is 0 Å². The van der Waals surface area contributed by atoms with Crippen molar-refractivity contribution in [2.24, 2.45) is 0 Å². The van der Waals surface area contributed by atoms with E-state index in [1.807, 2.05) is 0 Å². The van der Waals surface area contributed by atoms with Crippen LogP contribution in [0.3, 0.4) is 0 Å². The molecule has 0 N–H and O–H groups in total. The molecule has 1 aliphatic carbocycles. The van der Waals surface area contributed by atoms with E-state index in [9.17, 15) is 0 Å². The monoisotopic (exact) mass is 505 g/mol. The Balaban J connectivity index is 1.38. The lowest BCUT2D eigenvalue weighted by atomic mass is 9.31. The number of hydrogen-bond acceptors (Lipinski definition) is 1. The molecule has 0 spiro atoms. The topological polar surface area (TPSA) is 3.24 Å². The summed E-state index contributed by atoms with van der Waals surface area (Å²) in [5.41, 5.74) is 13.9. The molecule has 0 atom stereocenters. The highest BCUT2D eigenvalue weighted by atomic mass is 15.1. The smallest absolute Gasteiger partial charge is 0.249 e. The van der Waals surface area contributed by atoms with Crippen molar-refractivity contribution >= 4 is 72.5 Å². The van der Waals surface area contributed by atoms with E-state index < -0.39 is 0 Å². The third-order valence-corrected chi connectivity index (χ3v) is 9.71. The van der Waals surface area contributed by atoms with E-state index in [-0.39, 0.29) is 6.71 Å². The van der Waals surface area contributed by atoms with Crippen LogP contribution >= 0.6 is 0 Å². The SMILES string of the molecule is c1cc2c3c(c1)N(c1ccc4ccccc4c1)c1ccc4ccccc4c1B3c1ccc3c4c(ccc-2c14)CC3. The quantitative estimate of drug-likeness (QED) is 0.209. The van der Waals surface area contributed by atoms with Crippen LogP contribution in [0.2, 0.25) is 0 Å². The van der Waals surface area contributed by atoms with Crippen LogP contribution in [-0.2, 0) is 12.8 Å². The summed E-state index contributed by atoms with van der Waals surface area (Å²) >= 11 is 0. The lowest BCUT2D eigenvalue weighted by molar-refractivity contribution is 1.02. The summed E-state index contributed by atoms with van der Waals surface area (Å²) in [4.78, 5) is 2.52. The Morgan fingerprint density at radius 2 is 1.25 bits per heavy atom. The second-order valence-corrected chi connectivity index (χ2v) is 11.6. The van der Waals surface area contributed by atoms with E-state index in [1.165, 1.54) is 88.0 Å². The third-order valence-electron chi connectivity index (χ3n) is 9.71. The maximum Gasteiger partial charge on any atom is 0.249 e. The average Bonchev–Trinajstić information content (AvgIpc) is 3.45. The summed E-state index contributed by atoms with van der Waals surface area (Å²) in [5.74, 6) is 0. The van der Waals surface area contributed by atoms with Crippen molar-refractivity contribution in [1.29, 1.82) is 0 Å². The minimum absolute atomic E-state index is 0.196. The Hall–Kier alpha value is -4.82. The molecule has 0 saturated heterocycles. The third kappa shape index (κ3) is 2.55. The van der Waals surface area contributed by atoms with Crippen LogP contribution in [0.25, 0.3) is 43.4 Å². The fourth-order valence-corrected chi connectivity index (χ4v) is 8.07. The van der Waals surface area contributed by atoms with Crippen LogP contribution in [0.1, 0.15) is 11.1 Å². The van der Waals surface area contributed by atoms with Gasteiger partial charge in [0.25, 0.3) is 0 Å². The van der Waals surface area contributed by atoms with Gasteiger partial charge in [0.2, 0.25) is 6.71 Å². The zero-order chi connectivity index (χ0) is 25.9. The van der Waals surface area contributed by atoms with Crippen molar-refractivity contribution in [3.05, 3.63) is 132 Å². The first-order chi connectivity index (χ1) is 19.8. The predicted octanol–water partition coefficient (Wildman–Crippen LogP) is 7.52. The standard InChI is InChI=1S/C38H24BN/c1-2-8-27-22-28(18-14-23(27)6-1)40-33-11-5-10-31-30-19-15-25-12-13-26-16-20-32(36(30)35(25)26)39(38(31)33)37-29-9-4-3-7-24(29)17-21-34(37)40/h1-11,14-22H,12-13H2. The highest BCUT2D eigenvalue weighted by molar-refractivity contribution is 7.02. The van der Waals surface area contributed by atoms with E-state index in [4.69, 9.17) is 0 Å². The second-order valence-electron chi connectivity index (χ2n) is 11.6. The van der Waals surface area contributed by atoms with Crippen LogP contribution < -0.4 is 21.3 Å². The maximum absolute atomic E-state index is 2.52. The minimum atomic E-state index is 0.196. The van der Waals surface area contributed by atoms with Crippen LogP contribution in [0, 0.1) is 0 Å². The number of fused-ring (bicyclic) bond motifs is 7. The van der Waals surface area contributed by atoms with Crippen LogP contribution in [-0.4, -0.2) is 6.71 Å². The van der Waals surface area contributed by atoms with Gasteiger partial charge >= 0.3 is 0 Å². The summed E-state index contributed by atoms with van der Waals surface area (Å²) < 4.78 is 0. The highest BCUT2D eigenvalue weighted by Crippen LogP contribution is 2.44. The Kier molecular flexibility index (Phi) is 3.91. The first kappa shape index (κ1) is 21.1. The van der Waals surface area contributed by atoms with Crippen molar-refractivity contribution in [3.8, 4) is 11.1 Å². The molecular weight excluding hydrogens is 481 g/mol. The molecule has 1 nitrogen and oxygen atoms in total. The summed E-state index contributed by atoms with van der Waals surface area (Å²) in [7, 11) is 0. The van der Waals surface area contributed by atoms with Crippen molar-refractivity contribution in [1.82, 2.24) is 0 Å². The van der Waals surface area contributed by atoms with Crippen LogP contribution in [0.5, 0.6) is 0 Å². The first-order valence-corrected chi connectivity index (χ1v) is 14.4. The van der Waals surface area contributed by atoms with Gasteiger partial charge in [0.05, 0.1) is 0 Å². The largest absolute Gasteiger partial charge is 0.311 e. The number of nitrogens with zero attached hydrogens (tertiary/aromatic N) is 1. The molecule has 2 heterocycles. The molecule has 10 rings (SSSR count). The molecule has 2 heteroatoms. The van der Waals surface area contributed by atoms with Gasteiger partial charge in [-0.2, -0.15) is 0 Å². The van der Waals surface area contributed by atoms with Gasteiger partial charge in [-0.3, -0.25) is 0 Å². The molecule has 0 saturated carbocycles. The molecule has 0 bridgehead atoms. The predicted molar refractivity (Wildman–Crippen MR) is 171 cm³/mol. The van der Waals surface area contributed by atoms with Crippen LogP contribution in [0.4, 0.5) is 17.1 Å². The number of aryl methyl sites for hydroxylation is 2. The van der Waals surface area contributed by atoms with Gasteiger partial charge in [-0.05, 0) is 103 Å². The summed E-state index contributed by atoms with van der Waals surface area (Å²) in [6.07, 6.45) is 2.31.